The van der Waals surface area contributed by atoms with Crippen LogP contribution >= 0.6 is 0 Å². The summed E-state index contributed by atoms with van der Waals surface area (Å²) in [6.07, 6.45) is 1.25. The molecule has 1 aliphatic heterocycles. The van der Waals surface area contributed by atoms with Crippen LogP contribution < -0.4 is 5.32 Å². The van der Waals surface area contributed by atoms with E-state index < -0.39 is 5.92 Å². The minimum Gasteiger partial charge on any atom is -0.463 e. The van der Waals surface area contributed by atoms with Crippen LogP contribution in [0.25, 0.3) is 11.1 Å². The SMILES string of the molecule is CCOC(=O)C1=C(C(C)C)NC2=C(C(=O)CC(C)(C)C2)C1c1ccc(-c2ccccc2)cc1. The zero-order valence-electron chi connectivity index (χ0n) is 20.2. The average molecular weight is 444 g/mol. The molecule has 0 amide bonds. The number of hydrogen-bond donors (Lipinski definition) is 1. The second kappa shape index (κ2) is 9.01. The zero-order valence-corrected chi connectivity index (χ0v) is 20.2. The fourth-order valence-electron chi connectivity index (χ4n) is 5.03. The van der Waals surface area contributed by atoms with E-state index >= 15 is 0 Å². The third-order valence-electron chi connectivity index (χ3n) is 6.50. The number of benzene rings is 2. The van der Waals surface area contributed by atoms with Crippen molar-refractivity contribution in [2.24, 2.45) is 11.3 Å². The smallest absolute Gasteiger partial charge is 0.336 e. The van der Waals surface area contributed by atoms with Gasteiger partial charge in [0.1, 0.15) is 0 Å². The van der Waals surface area contributed by atoms with E-state index in [0.29, 0.717) is 24.2 Å². The fourth-order valence-corrected chi connectivity index (χ4v) is 5.03. The molecule has 2 aliphatic rings. The molecule has 0 aromatic heterocycles. The number of esters is 1. The van der Waals surface area contributed by atoms with Crippen molar-refractivity contribution in [3.8, 4) is 11.1 Å². The Hall–Kier alpha value is -3.14. The van der Waals surface area contributed by atoms with Crippen LogP contribution in [0.1, 0.15) is 58.9 Å². The van der Waals surface area contributed by atoms with Crippen molar-refractivity contribution >= 4 is 11.8 Å². The monoisotopic (exact) mass is 443 g/mol. The summed E-state index contributed by atoms with van der Waals surface area (Å²) in [5.74, 6) is -0.582. The highest BCUT2D eigenvalue weighted by atomic mass is 16.5. The van der Waals surface area contributed by atoms with Gasteiger partial charge < -0.3 is 10.1 Å². The lowest BCUT2D eigenvalue weighted by Crippen LogP contribution is -2.40. The van der Waals surface area contributed by atoms with Crippen LogP contribution in [0, 0.1) is 11.3 Å². The van der Waals surface area contributed by atoms with Crippen molar-refractivity contribution < 1.29 is 14.3 Å². The van der Waals surface area contributed by atoms with Gasteiger partial charge in [0.25, 0.3) is 0 Å². The molecule has 0 bridgehead atoms. The molecule has 172 valence electrons. The van der Waals surface area contributed by atoms with Gasteiger partial charge in [0.15, 0.2) is 5.78 Å². The van der Waals surface area contributed by atoms with Crippen LogP contribution in [-0.2, 0) is 14.3 Å². The maximum absolute atomic E-state index is 13.4. The lowest BCUT2D eigenvalue weighted by molar-refractivity contribution is -0.138. The topological polar surface area (TPSA) is 55.4 Å². The van der Waals surface area contributed by atoms with Gasteiger partial charge in [-0.15, -0.1) is 0 Å². The molecular weight excluding hydrogens is 410 g/mol. The molecule has 0 radical (unpaired) electrons. The normalized spacial score (nSPS) is 19.9. The third kappa shape index (κ3) is 4.52. The lowest BCUT2D eigenvalue weighted by atomic mass is 9.68. The number of nitrogens with one attached hydrogen (secondary N) is 1. The highest BCUT2D eigenvalue weighted by molar-refractivity contribution is 6.04. The van der Waals surface area contributed by atoms with Crippen molar-refractivity contribution in [2.75, 3.05) is 6.61 Å². The third-order valence-corrected chi connectivity index (χ3v) is 6.50. The summed E-state index contributed by atoms with van der Waals surface area (Å²) in [7, 11) is 0. The maximum atomic E-state index is 13.4. The van der Waals surface area contributed by atoms with E-state index in [4.69, 9.17) is 4.74 Å². The number of dihydropyridines is 1. The predicted octanol–water partition coefficient (Wildman–Crippen LogP) is 6.16. The Morgan fingerprint density at radius 3 is 2.27 bits per heavy atom. The predicted molar refractivity (Wildman–Crippen MR) is 131 cm³/mol. The van der Waals surface area contributed by atoms with Crippen molar-refractivity contribution in [1.82, 2.24) is 5.32 Å². The molecule has 1 heterocycles. The van der Waals surface area contributed by atoms with Gasteiger partial charge in [-0.25, -0.2) is 4.79 Å². The summed E-state index contributed by atoms with van der Waals surface area (Å²) in [4.78, 5) is 26.7. The maximum Gasteiger partial charge on any atom is 0.336 e. The fraction of sp³-hybridized carbons (Fsp3) is 0.379. The first-order valence-corrected chi connectivity index (χ1v) is 11.8. The number of rotatable bonds is 5. The van der Waals surface area contributed by atoms with E-state index in [1.807, 2.05) is 37.3 Å². The summed E-state index contributed by atoms with van der Waals surface area (Å²) in [5, 5.41) is 3.50. The molecule has 2 aromatic rings. The summed E-state index contributed by atoms with van der Waals surface area (Å²) in [5.41, 5.74) is 6.14. The van der Waals surface area contributed by atoms with Crippen LogP contribution in [0.5, 0.6) is 0 Å². The van der Waals surface area contributed by atoms with E-state index in [9.17, 15) is 9.59 Å². The number of ether oxygens (including phenoxy) is 1. The summed E-state index contributed by atoms with van der Waals surface area (Å²) < 4.78 is 5.49. The number of carbonyl (C=O) groups is 2. The van der Waals surface area contributed by atoms with Crippen molar-refractivity contribution in [2.45, 2.75) is 53.4 Å². The molecule has 4 nitrogen and oxygen atoms in total. The number of Topliss-reactive ketones (excluding diaryl/α,β-unsaturated/α-hetero) is 1. The molecule has 1 aliphatic carbocycles. The van der Waals surface area contributed by atoms with Gasteiger partial charge in [0.2, 0.25) is 0 Å². The van der Waals surface area contributed by atoms with Gasteiger partial charge in [-0.3, -0.25) is 4.79 Å². The summed E-state index contributed by atoms with van der Waals surface area (Å²) >= 11 is 0. The molecule has 2 aromatic carbocycles. The van der Waals surface area contributed by atoms with Gasteiger partial charge in [-0.1, -0.05) is 82.3 Å². The highest BCUT2D eigenvalue weighted by Crippen LogP contribution is 2.47. The Bertz CT molecular complexity index is 1120. The van der Waals surface area contributed by atoms with Gasteiger partial charge in [0, 0.05) is 29.3 Å². The highest BCUT2D eigenvalue weighted by Gasteiger charge is 2.44. The molecule has 1 unspecified atom stereocenters. The zero-order chi connectivity index (χ0) is 23.8. The molecule has 1 N–H and O–H groups in total. The molecule has 0 spiro atoms. The molecule has 33 heavy (non-hydrogen) atoms. The van der Waals surface area contributed by atoms with Gasteiger partial charge in [-0.2, -0.15) is 0 Å². The van der Waals surface area contributed by atoms with Crippen molar-refractivity contribution in [1.29, 1.82) is 0 Å². The minimum absolute atomic E-state index is 0.0877. The van der Waals surface area contributed by atoms with Crippen LogP contribution in [0.15, 0.2) is 77.1 Å². The summed E-state index contributed by atoms with van der Waals surface area (Å²) in [6.45, 7) is 10.5. The van der Waals surface area contributed by atoms with Crippen LogP contribution in [0.3, 0.4) is 0 Å². The molecule has 0 saturated carbocycles. The lowest BCUT2D eigenvalue weighted by Gasteiger charge is -2.40. The van der Waals surface area contributed by atoms with E-state index in [2.05, 4.69) is 57.3 Å². The molecule has 1 atom stereocenters. The molecule has 4 rings (SSSR count). The first-order valence-electron chi connectivity index (χ1n) is 11.8. The van der Waals surface area contributed by atoms with E-state index in [-0.39, 0.29) is 23.1 Å². The molecule has 4 heteroatoms. The van der Waals surface area contributed by atoms with Crippen LogP contribution in [-0.4, -0.2) is 18.4 Å². The summed E-state index contributed by atoms with van der Waals surface area (Å²) in [6, 6.07) is 18.4. The standard InChI is InChI=1S/C29H33NO3/c1-6-33-28(32)26-24(21-14-12-20(13-15-21)19-10-8-7-9-11-19)25-22(30-27(26)18(2)3)16-29(4,5)17-23(25)31/h7-15,18,24,30H,6,16-17H2,1-5H3. The van der Waals surface area contributed by atoms with Crippen molar-refractivity contribution in [3.05, 3.63) is 82.7 Å². The van der Waals surface area contributed by atoms with Gasteiger partial charge in [-0.05, 0) is 41.4 Å². The molecular formula is C29H33NO3. The Kier molecular flexibility index (Phi) is 6.29. The first kappa shape index (κ1) is 23.0. The molecule has 0 saturated heterocycles. The van der Waals surface area contributed by atoms with E-state index in [1.54, 1.807) is 0 Å². The van der Waals surface area contributed by atoms with E-state index in [0.717, 1.165) is 34.5 Å². The van der Waals surface area contributed by atoms with Gasteiger partial charge >= 0.3 is 5.97 Å². The number of allylic oxidation sites excluding steroid dienone is 3. The number of hydrogen-bond acceptors (Lipinski definition) is 4. The van der Waals surface area contributed by atoms with Crippen LogP contribution in [0.2, 0.25) is 0 Å². The van der Waals surface area contributed by atoms with Gasteiger partial charge in [0.05, 0.1) is 12.2 Å². The quantitative estimate of drug-likeness (QED) is 0.563. The van der Waals surface area contributed by atoms with Crippen LogP contribution in [0.4, 0.5) is 0 Å². The first-order chi connectivity index (χ1) is 15.7. The number of ketones is 1. The Balaban J connectivity index is 1.87. The minimum atomic E-state index is -0.425. The second-order valence-corrected chi connectivity index (χ2v) is 10.1. The largest absolute Gasteiger partial charge is 0.463 e. The Labute approximate surface area is 196 Å². The average Bonchev–Trinajstić information content (AvgIpc) is 2.78. The Morgan fingerprint density at radius 1 is 1.03 bits per heavy atom. The van der Waals surface area contributed by atoms with Crippen molar-refractivity contribution in [3.63, 3.8) is 0 Å². The molecule has 0 fully saturated rings. The second-order valence-electron chi connectivity index (χ2n) is 10.1. The number of carbonyl (C=O) groups excluding carboxylic acids is 2. The Morgan fingerprint density at radius 2 is 1.67 bits per heavy atom. The van der Waals surface area contributed by atoms with E-state index in [1.165, 1.54) is 0 Å².